The molecule has 1 N–H and O–H groups in total. The van der Waals surface area contributed by atoms with E-state index in [1.54, 1.807) is 55.5 Å². The molecule has 11 heteroatoms. The Morgan fingerprint density at radius 1 is 1.00 bits per heavy atom. The number of hydrogen-bond acceptors (Lipinski definition) is 5. The monoisotopic (exact) mass is 594 g/mol. The Balaban J connectivity index is 1.60. The lowest BCUT2D eigenvalue weighted by molar-refractivity contribution is -0.213. The van der Waals surface area contributed by atoms with Crippen LogP contribution in [0, 0.1) is 0 Å². The molecule has 6 nitrogen and oxygen atoms in total. The summed E-state index contributed by atoms with van der Waals surface area (Å²) >= 11 is 12.1. The highest BCUT2D eigenvalue weighted by Crippen LogP contribution is 2.29. The summed E-state index contributed by atoms with van der Waals surface area (Å²) in [6.07, 6.45) is -6.63. The number of esters is 1. The van der Waals surface area contributed by atoms with Crippen LogP contribution in [0.1, 0.15) is 29.5 Å². The van der Waals surface area contributed by atoms with Crippen LogP contribution >= 0.6 is 23.2 Å². The third-order valence-corrected chi connectivity index (χ3v) is 7.13. The highest BCUT2D eigenvalue weighted by atomic mass is 35.5. The van der Waals surface area contributed by atoms with E-state index in [1.165, 1.54) is 4.90 Å². The first-order chi connectivity index (χ1) is 19.0. The SMILES string of the molecule is CC(NC(=O)C(OC(=O)C(F)(F)F)N1CCOc2ccccc2C1)C(Cc1ccc(Cl)cc1)c1ccc(Cl)cc1. The van der Waals surface area contributed by atoms with Gasteiger partial charge in [-0.2, -0.15) is 13.2 Å². The lowest BCUT2D eigenvalue weighted by Crippen LogP contribution is -2.53. The molecular weight excluding hydrogens is 568 g/mol. The summed E-state index contributed by atoms with van der Waals surface area (Å²) in [6.45, 7) is 1.93. The van der Waals surface area contributed by atoms with Crippen LogP contribution < -0.4 is 10.1 Å². The maximum Gasteiger partial charge on any atom is 0.490 e. The zero-order valence-electron chi connectivity index (χ0n) is 21.5. The maximum atomic E-state index is 13.5. The first-order valence-electron chi connectivity index (χ1n) is 12.5. The maximum absolute atomic E-state index is 13.5. The van der Waals surface area contributed by atoms with Gasteiger partial charge in [-0.25, -0.2) is 4.79 Å². The lowest BCUT2D eigenvalue weighted by Gasteiger charge is -2.32. The molecule has 0 bridgehead atoms. The van der Waals surface area contributed by atoms with Crippen LogP contribution in [0.4, 0.5) is 13.2 Å². The van der Waals surface area contributed by atoms with E-state index in [0.717, 1.165) is 11.1 Å². The number of nitrogens with one attached hydrogen (secondary N) is 1. The van der Waals surface area contributed by atoms with E-state index >= 15 is 0 Å². The number of carbonyl (C=O) groups excluding carboxylic acids is 2. The summed E-state index contributed by atoms with van der Waals surface area (Å²) in [7, 11) is 0. The Morgan fingerprint density at radius 2 is 1.62 bits per heavy atom. The average Bonchev–Trinajstić information content (AvgIpc) is 3.13. The van der Waals surface area contributed by atoms with Crippen LogP contribution in [0.15, 0.2) is 72.8 Å². The van der Waals surface area contributed by atoms with Crippen molar-refractivity contribution >= 4 is 35.1 Å². The molecule has 1 aliphatic rings. The van der Waals surface area contributed by atoms with Gasteiger partial charge in [0.15, 0.2) is 0 Å². The van der Waals surface area contributed by atoms with Crippen LogP contribution in [-0.4, -0.2) is 48.4 Å². The van der Waals surface area contributed by atoms with Crippen molar-refractivity contribution in [3.05, 3.63) is 99.5 Å². The number of fused-ring (bicyclic) bond motifs is 1. The van der Waals surface area contributed by atoms with Crippen molar-refractivity contribution in [2.24, 2.45) is 0 Å². The second-order valence-corrected chi connectivity index (χ2v) is 10.3. The van der Waals surface area contributed by atoms with Gasteiger partial charge in [0.1, 0.15) is 12.4 Å². The highest BCUT2D eigenvalue weighted by Gasteiger charge is 2.45. The second-order valence-electron chi connectivity index (χ2n) is 9.47. The van der Waals surface area contributed by atoms with E-state index in [-0.39, 0.29) is 25.6 Å². The van der Waals surface area contributed by atoms with Gasteiger partial charge in [-0.05, 0) is 54.8 Å². The lowest BCUT2D eigenvalue weighted by atomic mass is 9.86. The van der Waals surface area contributed by atoms with Crippen molar-refractivity contribution < 1.29 is 32.2 Å². The molecule has 212 valence electrons. The number of carbonyl (C=O) groups is 2. The minimum absolute atomic E-state index is 0.0408. The van der Waals surface area contributed by atoms with Gasteiger partial charge in [-0.1, -0.05) is 65.7 Å². The van der Waals surface area contributed by atoms with Gasteiger partial charge in [-0.15, -0.1) is 0 Å². The van der Waals surface area contributed by atoms with Gasteiger partial charge in [0.2, 0.25) is 6.23 Å². The standard InChI is InChI=1S/C29H27Cl2F3N2O4/c1-18(24(20-8-12-23(31)13-9-20)16-19-6-10-22(30)11-7-19)35-26(37)27(40-28(38)29(32,33)34)36-14-15-39-25-5-3-2-4-21(25)17-36/h2-13,18,24,27H,14-17H2,1H3,(H,35,37). The minimum atomic E-state index is -5.27. The first kappa shape index (κ1) is 29.7. The van der Waals surface area contributed by atoms with Gasteiger partial charge >= 0.3 is 12.1 Å². The summed E-state index contributed by atoms with van der Waals surface area (Å²) in [5, 5.41) is 3.91. The molecule has 1 aliphatic heterocycles. The smallest absolute Gasteiger partial charge is 0.490 e. The second kappa shape index (κ2) is 12.9. The Morgan fingerprint density at radius 3 is 2.27 bits per heavy atom. The molecule has 0 aliphatic carbocycles. The molecule has 0 fully saturated rings. The number of alkyl halides is 3. The highest BCUT2D eigenvalue weighted by molar-refractivity contribution is 6.30. The number of amides is 1. The largest absolute Gasteiger partial charge is 0.492 e. The summed E-state index contributed by atoms with van der Waals surface area (Å²) in [6, 6.07) is 20.7. The van der Waals surface area contributed by atoms with Crippen molar-refractivity contribution in [3.8, 4) is 5.75 Å². The van der Waals surface area contributed by atoms with Gasteiger partial charge in [0.25, 0.3) is 5.91 Å². The number of halogens is 5. The molecule has 3 aromatic carbocycles. The zero-order chi connectivity index (χ0) is 28.9. The van der Waals surface area contributed by atoms with Gasteiger partial charge in [0, 0.05) is 40.7 Å². The van der Waals surface area contributed by atoms with E-state index in [0.29, 0.717) is 27.8 Å². The van der Waals surface area contributed by atoms with E-state index in [1.807, 2.05) is 24.3 Å². The van der Waals surface area contributed by atoms with E-state index in [4.69, 9.17) is 32.7 Å². The third kappa shape index (κ3) is 7.68. The van der Waals surface area contributed by atoms with E-state index < -0.39 is 30.3 Å². The first-order valence-corrected chi connectivity index (χ1v) is 13.3. The molecule has 3 unspecified atom stereocenters. The number of nitrogens with zero attached hydrogens (tertiary/aromatic N) is 1. The van der Waals surface area contributed by atoms with Gasteiger partial charge < -0.3 is 14.8 Å². The Labute approximate surface area is 240 Å². The van der Waals surface area contributed by atoms with Crippen molar-refractivity contribution in [1.82, 2.24) is 10.2 Å². The molecule has 0 radical (unpaired) electrons. The third-order valence-electron chi connectivity index (χ3n) is 6.63. The summed E-state index contributed by atoms with van der Waals surface area (Å²) in [5.74, 6) is -3.08. The number of ether oxygens (including phenoxy) is 2. The summed E-state index contributed by atoms with van der Waals surface area (Å²) in [4.78, 5) is 26.8. The molecule has 1 amide bonds. The number of rotatable bonds is 8. The molecule has 0 aromatic heterocycles. The Hall–Kier alpha value is -3.27. The number of para-hydroxylation sites is 1. The van der Waals surface area contributed by atoms with Crippen molar-refractivity contribution in [2.75, 3.05) is 13.2 Å². The van der Waals surface area contributed by atoms with Gasteiger partial charge in [-0.3, -0.25) is 9.69 Å². The number of benzene rings is 3. The van der Waals surface area contributed by atoms with E-state index in [9.17, 15) is 22.8 Å². The molecule has 0 saturated heterocycles. The van der Waals surface area contributed by atoms with Crippen LogP contribution in [-0.2, 0) is 27.3 Å². The fraction of sp³-hybridized carbons (Fsp3) is 0.310. The van der Waals surface area contributed by atoms with Crippen LogP contribution in [0.5, 0.6) is 5.75 Å². The normalized spacial score (nSPS) is 16.1. The molecule has 0 saturated carbocycles. The molecule has 0 spiro atoms. The predicted octanol–water partition coefficient (Wildman–Crippen LogP) is 6.15. The average molecular weight is 595 g/mol. The Kier molecular flexibility index (Phi) is 9.60. The topological polar surface area (TPSA) is 67.9 Å². The summed E-state index contributed by atoms with van der Waals surface area (Å²) < 4.78 is 50.1. The fourth-order valence-electron chi connectivity index (χ4n) is 4.57. The van der Waals surface area contributed by atoms with Crippen molar-refractivity contribution in [3.63, 3.8) is 0 Å². The van der Waals surface area contributed by atoms with Crippen LogP contribution in [0.3, 0.4) is 0 Å². The van der Waals surface area contributed by atoms with Crippen molar-refractivity contribution in [2.45, 2.75) is 44.3 Å². The van der Waals surface area contributed by atoms with Crippen LogP contribution in [0.25, 0.3) is 0 Å². The van der Waals surface area contributed by atoms with Gasteiger partial charge in [0.05, 0.1) is 0 Å². The van der Waals surface area contributed by atoms with Crippen molar-refractivity contribution in [1.29, 1.82) is 0 Å². The molecule has 3 atom stereocenters. The molecule has 40 heavy (non-hydrogen) atoms. The summed E-state index contributed by atoms with van der Waals surface area (Å²) in [5.41, 5.74) is 2.44. The molecule has 4 rings (SSSR count). The fourth-order valence-corrected chi connectivity index (χ4v) is 4.82. The van der Waals surface area contributed by atoms with E-state index in [2.05, 4.69) is 5.32 Å². The molecule has 3 aromatic rings. The molecular formula is C29H27Cl2F3N2O4. The number of hydrogen-bond donors (Lipinski definition) is 1. The predicted molar refractivity (Wildman–Crippen MR) is 145 cm³/mol. The quantitative estimate of drug-likeness (QED) is 0.317. The minimum Gasteiger partial charge on any atom is -0.492 e. The zero-order valence-corrected chi connectivity index (χ0v) is 23.0. The molecule has 1 heterocycles. The Bertz CT molecular complexity index is 1320. The van der Waals surface area contributed by atoms with Crippen LogP contribution in [0.2, 0.25) is 10.0 Å².